The fraction of sp³-hybridized carbons (Fsp3) is 0.647. The van der Waals surface area contributed by atoms with Crippen LogP contribution in [-0.2, 0) is 0 Å². The summed E-state index contributed by atoms with van der Waals surface area (Å²) in [5.74, 6) is 1.23. The second-order valence-corrected chi connectivity index (χ2v) is 6.24. The van der Waals surface area contributed by atoms with Gasteiger partial charge in [-0.25, -0.2) is 4.39 Å². The van der Waals surface area contributed by atoms with Gasteiger partial charge in [-0.1, -0.05) is 32.4 Å². The van der Waals surface area contributed by atoms with Gasteiger partial charge in [0.05, 0.1) is 0 Å². The molecule has 2 unspecified atom stereocenters. The molecule has 2 rings (SSSR count). The minimum atomic E-state index is -0.112. The Morgan fingerprint density at radius 3 is 2.68 bits per heavy atom. The zero-order chi connectivity index (χ0) is 13.8. The Labute approximate surface area is 116 Å². The van der Waals surface area contributed by atoms with E-state index in [1.165, 1.54) is 18.9 Å². The monoisotopic (exact) mass is 263 g/mol. The molecule has 1 aliphatic carbocycles. The van der Waals surface area contributed by atoms with Gasteiger partial charge >= 0.3 is 0 Å². The Morgan fingerprint density at radius 1 is 1.32 bits per heavy atom. The van der Waals surface area contributed by atoms with Crippen LogP contribution in [0.3, 0.4) is 0 Å². The Kier molecular flexibility index (Phi) is 4.98. The third-order valence-electron chi connectivity index (χ3n) is 4.43. The molecule has 1 saturated carbocycles. The van der Waals surface area contributed by atoms with Gasteiger partial charge in [-0.3, -0.25) is 0 Å². The SMILES string of the molecule is CCC(C)CC(C)NC1CC(c2cccc(F)c2)C1. The van der Waals surface area contributed by atoms with Crippen molar-refractivity contribution in [3.8, 4) is 0 Å². The van der Waals surface area contributed by atoms with Crippen LogP contribution in [-0.4, -0.2) is 12.1 Å². The lowest BCUT2D eigenvalue weighted by Crippen LogP contribution is -2.44. The molecule has 19 heavy (non-hydrogen) atoms. The van der Waals surface area contributed by atoms with Crippen LogP contribution < -0.4 is 5.32 Å². The van der Waals surface area contributed by atoms with E-state index in [2.05, 4.69) is 26.1 Å². The molecule has 2 atom stereocenters. The summed E-state index contributed by atoms with van der Waals surface area (Å²) in [4.78, 5) is 0. The van der Waals surface area contributed by atoms with Crippen LogP contribution in [0, 0.1) is 11.7 Å². The summed E-state index contributed by atoms with van der Waals surface area (Å²) < 4.78 is 13.2. The zero-order valence-corrected chi connectivity index (χ0v) is 12.3. The number of hydrogen-bond acceptors (Lipinski definition) is 1. The maximum atomic E-state index is 13.2. The van der Waals surface area contributed by atoms with E-state index >= 15 is 0 Å². The Balaban J connectivity index is 1.74. The fourth-order valence-corrected chi connectivity index (χ4v) is 3.03. The van der Waals surface area contributed by atoms with Crippen LogP contribution >= 0.6 is 0 Å². The molecule has 0 spiro atoms. The van der Waals surface area contributed by atoms with Gasteiger partial charge in [-0.2, -0.15) is 0 Å². The minimum absolute atomic E-state index is 0.112. The van der Waals surface area contributed by atoms with Gasteiger partial charge in [0.15, 0.2) is 0 Å². The van der Waals surface area contributed by atoms with E-state index in [1.807, 2.05) is 12.1 Å². The Morgan fingerprint density at radius 2 is 2.05 bits per heavy atom. The van der Waals surface area contributed by atoms with E-state index in [9.17, 15) is 4.39 Å². The van der Waals surface area contributed by atoms with Crippen LogP contribution in [0.4, 0.5) is 4.39 Å². The molecule has 0 bridgehead atoms. The summed E-state index contributed by atoms with van der Waals surface area (Å²) in [5, 5.41) is 3.70. The number of benzene rings is 1. The smallest absolute Gasteiger partial charge is 0.123 e. The quantitative estimate of drug-likeness (QED) is 0.797. The standard InChI is InChI=1S/C17H26FN/c1-4-12(2)8-13(3)19-17-10-15(11-17)14-6-5-7-16(18)9-14/h5-7,9,12-13,15,17,19H,4,8,10-11H2,1-3H3. The lowest BCUT2D eigenvalue weighted by atomic mass is 9.75. The average molecular weight is 263 g/mol. The maximum Gasteiger partial charge on any atom is 0.123 e. The molecule has 0 aromatic heterocycles. The fourth-order valence-electron chi connectivity index (χ4n) is 3.03. The van der Waals surface area contributed by atoms with E-state index in [0.717, 1.165) is 24.3 Å². The van der Waals surface area contributed by atoms with Crippen LogP contribution in [0.2, 0.25) is 0 Å². The first-order valence-corrected chi connectivity index (χ1v) is 7.60. The predicted octanol–water partition coefficient (Wildman–Crippen LogP) is 4.49. The third kappa shape index (κ3) is 4.04. The lowest BCUT2D eigenvalue weighted by molar-refractivity contribution is 0.254. The molecule has 0 aliphatic heterocycles. The molecule has 106 valence electrons. The van der Waals surface area contributed by atoms with Crippen LogP contribution in [0.25, 0.3) is 0 Å². The van der Waals surface area contributed by atoms with Crippen molar-refractivity contribution in [1.29, 1.82) is 0 Å². The van der Waals surface area contributed by atoms with Crippen molar-refractivity contribution in [1.82, 2.24) is 5.32 Å². The van der Waals surface area contributed by atoms with Gasteiger partial charge in [-0.05, 0) is 55.7 Å². The second kappa shape index (κ2) is 6.51. The van der Waals surface area contributed by atoms with Crippen LogP contribution in [0.5, 0.6) is 0 Å². The van der Waals surface area contributed by atoms with Crippen molar-refractivity contribution in [2.75, 3.05) is 0 Å². The van der Waals surface area contributed by atoms with Crippen molar-refractivity contribution in [2.24, 2.45) is 5.92 Å². The van der Waals surface area contributed by atoms with Crippen LogP contribution in [0.15, 0.2) is 24.3 Å². The number of nitrogens with one attached hydrogen (secondary N) is 1. The molecular formula is C17H26FN. The molecule has 2 heteroatoms. The van der Waals surface area contributed by atoms with Crippen molar-refractivity contribution in [2.45, 2.75) is 64.5 Å². The lowest BCUT2D eigenvalue weighted by Gasteiger charge is -2.38. The Bertz CT molecular complexity index is 398. The zero-order valence-electron chi connectivity index (χ0n) is 12.3. The number of rotatable bonds is 6. The summed E-state index contributed by atoms with van der Waals surface area (Å²) in [6.45, 7) is 6.84. The normalized spacial score (nSPS) is 25.7. The highest BCUT2D eigenvalue weighted by atomic mass is 19.1. The molecule has 0 heterocycles. The maximum absolute atomic E-state index is 13.2. The van der Waals surface area contributed by atoms with E-state index < -0.39 is 0 Å². The summed E-state index contributed by atoms with van der Waals surface area (Å²) >= 11 is 0. The van der Waals surface area contributed by atoms with E-state index in [0.29, 0.717) is 18.0 Å². The minimum Gasteiger partial charge on any atom is -0.311 e. The topological polar surface area (TPSA) is 12.0 Å². The van der Waals surface area contributed by atoms with Crippen molar-refractivity contribution < 1.29 is 4.39 Å². The number of hydrogen-bond donors (Lipinski definition) is 1. The van der Waals surface area contributed by atoms with Crippen molar-refractivity contribution >= 4 is 0 Å². The van der Waals surface area contributed by atoms with Gasteiger partial charge in [0.1, 0.15) is 5.82 Å². The van der Waals surface area contributed by atoms with Gasteiger partial charge in [0.25, 0.3) is 0 Å². The van der Waals surface area contributed by atoms with Gasteiger partial charge in [0.2, 0.25) is 0 Å². The molecule has 1 fully saturated rings. The largest absolute Gasteiger partial charge is 0.311 e. The first-order valence-electron chi connectivity index (χ1n) is 7.60. The third-order valence-corrected chi connectivity index (χ3v) is 4.43. The highest BCUT2D eigenvalue weighted by Crippen LogP contribution is 2.37. The van der Waals surface area contributed by atoms with Gasteiger partial charge in [-0.15, -0.1) is 0 Å². The highest BCUT2D eigenvalue weighted by Gasteiger charge is 2.31. The molecule has 0 saturated heterocycles. The second-order valence-electron chi connectivity index (χ2n) is 6.24. The molecule has 1 aromatic rings. The van der Waals surface area contributed by atoms with Crippen molar-refractivity contribution in [3.63, 3.8) is 0 Å². The van der Waals surface area contributed by atoms with E-state index in [-0.39, 0.29) is 5.82 Å². The summed E-state index contributed by atoms with van der Waals surface area (Å²) in [6, 6.07) is 8.28. The average Bonchev–Trinajstić information content (AvgIpc) is 2.33. The molecule has 1 N–H and O–H groups in total. The number of halogens is 1. The van der Waals surface area contributed by atoms with Gasteiger partial charge in [0, 0.05) is 12.1 Å². The van der Waals surface area contributed by atoms with Gasteiger partial charge < -0.3 is 5.32 Å². The summed E-state index contributed by atoms with van der Waals surface area (Å²) in [7, 11) is 0. The molecular weight excluding hydrogens is 237 g/mol. The highest BCUT2D eigenvalue weighted by molar-refractivity contribution is 5.23. The molecule has 0 radical (unpaired) electrons. The van der Waals surface area contributed by atoms with Crippen LogP contribution in [0.1, 0.15) is 57.9 Å². The molecule has 0 amide bonds. The molecule has 1 nitrogen and oxygen atoms in total. The summed E-state index contributed by atoms with van der Waals surface area (Å²) in [6.07, 6.45) is 4.79. The van der Waals surface area contributed by atoms with Crippen molar-refractivity contribution in [3.05, 3.63) is 35.6 Å². The Hall–Kier alpha value is -0.890. The molecule has 1 aliphatic rings. The van der Waals surface area contributed by atoms with E-state index in [4.69, 9.17) is 0 Å². The molecule has 1 aromatic carbocycles. The predicted molar refractivity (Wildman–Crippen MR) is 78.8 cm³/mol. The first-order chi connectivity index (χ1) is 9.08. The van der Waals surface area contributed by atoms with E-state index in [1.54, 1.807) is 6.07 Å². The first kappa shape index (κ1) is 14.5. The summed E-state index contributed by atoms with van der Waals surface area (Å²) in [5.41, 5.74) is 1.16.